The smallest absolute Gasteiger partial charge is 0.323 e. The predicted octanol–water partition coefficient (Wildman–Crippen LogP) is 4.40. The maximum atomic E-state index is 12.4. The molecule has 0 saturated carbocycles. The zero-order chi connectivity index (χ0) is 19.0. The SMILES string of the molecule is COc1c(NC(=O)Nc2ccc3nc[nH]c3c2)ccc2c1C=CC(C)(C)O2. The number of nitrogens with zero attached hydrogens (tertiary/aromatic N) is 1. The van der Waals surface area contributed by atoms with Crippen LogP contribution in [0.3, 0.4) is 0 Å². The van der Waals surface area contributed by atoms with E-state index in [4.69, 9.17) is 9.47 Å². The van der Waals surface area contributed by atoms with Crippen LogP contribution in [0.5, 0.6) is 11.5 Å². The van der Waals surface area contributed by atoms with Crippen LogP contribution in [-0.4, -0.2) is 28.7 Å². The summed E-state index contributed by atoms with van der Waals surface area (Å²) in [5.74, 6) is 1.27. The molecule has 4 rings (SSSR count). The molecular weight excluding hydrogens is 344 g/mol. The number of rotatable bonds is 3. The molecule has 2 heterocycles. The molecule has 1 aliphatic rings. The molecule has 3 aromatic rings. The van der Waals surface area contributed by atoms with Crippen LogP contribution in [-0.2, 0) is 0 Å². The number of amides is 2. The molecule has 2 amide bonds. The highest BCUT2D eigenvalue weighted by Gasteiger charge is 2.25. The lowest BCUT2D eigenvalue weighted by atomic mass is 10.0. The average molecular weight is 364 g/mol. The highest BCUT2D eigenvalue weighted by atomic mass is 16.5. The number of carbonyl (C=O) groups is 1. The fourth-order valence-corrected chi connectivity index (χ4v) is 3.05. The van der Waals surface area contributed by atoms with Gasteiger partial charge in [-0.15, -0.1) is 0 Å². The quantitative estimate of drug-likeness (QED) is 0.643. The van der Waals surface area contributed by atoms with Crippen molar-refractivity contribution in [2.75, 3.05) is 17.7 Å². The Hall–Kier alpha value is -3.48. The third-order valence-corrected chi connectivity index (χ3v) is 4.31. The van der Waals surface area contributed by atoms with Crippen LogP contribution in [0.25, 0.3) is 17.1 Å². The van der Waals surface area contributed by atoms with Gasteiger partial charge >= 0.3 is 6.03 Å². The van der Waals surface area contributed by atoms with Gasteiger partial charge in [0, 0.05) is 5.69 Å². The summed E-state index contributed by atoms with van der Waals surface area (Å²) in [7, 11) is 1.57. The van der Waals surface area contributed by atoms with Gasteiger partial charge in [-0.3, -0.25) is 0 Å². The van der Waals surface area contributed by atoms with Crippen LogP contribution in [0.15, 0.2) is 42.7 Å². The molecule has 0 radical (unpaired) electrons. The summed E-state index contributed by atoms with van der Waals surface area (Å²) in [4.78, 5) is 19.6. The van der Waals surface area contributed by atoms with Gasteiger partial charge in [-0.25, -0.2) is 9.78 Å². The van der Waals surface area contributed by atoms with Crippen molar-refractivity contribution in [3.05, 3.63) is 48.3 Å². The zero-order valence-corrected chi connectivity index (χ0v) is 15.3. The number of aromatic amines is 1. The Morgan fingerprint density at radius 1 is 1.22 bits per heavy atom. The number of imidazole rings is 1. The number of nitrogens with one attached hydrogen (secondary N) is 3. The van der Waals surface area contributed by atoms with E-state index in [-0.39, 0.29) is 11.6 Å². The third-order valence-electron chi connectivity index (χ3n) is 4.31. The molecule has 0 saturated heterocycles. The van der Waals surface area contributed by atoms with E-state index in [9.17, 15) is 4.79 Å². The molecule has 1 aromatic heterocycles. The van der Waals surface area contributed by atoms with Crippen molar-refractivity contribution in [2.45, 2.75) is 19.4 Å². The van der Waals surface area contributed by atoms with E-state index in [1.165, 1.54) is 0 Å². The Kier molecular flexibility index (Phi) is 3.99. The summed E-state index contributed by atoms with van der Waals surface area (Å²) < 4.78 is 11.5. The summed E-state index contributed by atoms with van der Waals surface area (Å²) in [6.45, 7) is 3.96. The Labute approximate surface area is 156 Å². The van der Waals surface area contributed by atoms with Crippen molar-refractivity contribution < 1.29 is 14.3 Å². The van der Waals surface area contributed by atoms with Crippen LogP contribution in [0.4, 0.5) is 16.2 Å². The summed E-state index contributed by atoms with van der Waals surface area (Å²) in [6, 6.07) is 8.69. The molecule has 0 atom stereocenters. The molecule has 0 aliphatic carbocycles. The van der Waals surface area contributed by atoms with Crippen molar-refractivity contribution in [3.8, 4) is 11.5 Å². The fraction of sp³-hybridized carbons (Fsp3) is 0.200. The van der Waals surface area contributed by atoms with Gasteiger partial charge in [0.1, 0.15) is 11.4 Å². The maximum Gasteiger partial charge on any atom is 0.323 e. The number of hydrogen-bond acceptors (Lipinski definition) is 4. The first-order chi connectivity index (χ1) is 12.9. The lowest BCUT2D eigenvalue weighted by Crippen LogP contribution is -2.27. The number of fused-ring (bicyclic) bond motifs is 2. The monoisotopic (exact) mass is 364 g/mol. The van der Waals surface area contributed by atoms with Crippen LogP contribution in [0.2, 0.25) is 0 Å². The molecular formula is C20H20N4O3. The normalized spacial score (nSPS) is 14.3. The van der Waals surface area contributed by atoms with E-state index < -0.39 is 0 Å². The number of ether oxygens (including phenoxy) is 2. The largest absolute Gasteiger partial charge is 0.494 e. The van der Waals surface area contributed by atoms with Gasteiger partial charge in [0.05, 0.1) is 35.7 Å². The van der Waals surface area contributed by atoms with E-state index in [0.717, 1.165) is 22.3 Å². The van der Waals surface area contributed by atoms with Gasteiger partial charge < -0.3 is 25.1 Å². The number of methoxy groups -OCH3 is 1. The first-order valence-electron chi connectivity index (χ1n) is 8.55. The molecule has 7 nitrogen and oxygen atoms in total. The molecule has 0 unspecified atom stereocenters. The Bertz CT molecular complexity index is 1050. The van der Waals surface area contributed by atoms with Gasteiger partial charge in [-0.05, 0) is 56.3 Å². The van der Waals surface area contributed by atoms with Gasteiger partial charge in [-0.1, -0.05) is 0 Å². The summed E-state index contributed by atoms with van der Waals surface area (Å²) in [6.07, 6.45) is 5.53. The Morgan fingerprint density at radius 3 is 2.89 bits per heavy atom. The Balaban J connectivity index is 1.56. The fourth-order valence-electron chi connectivity index (χ4n) is 3.05. The molecule has 0 fully saturated rings. The topological polar surface area (TPSA) is 88.3 Å². The highest BCUT2D eigenvalue weighted by Crippen LogP contribution is 2.41. The molecule has 1 aliphatic heterocycles. The van der Waals surface area contributed by atoms with Crippen molar-refractivity contribution in [1.82, 2.24) is 9.97 Å². The van der Waals surface area contributed by atoms with Crippen LogP contribution >= 0.6 is 0 Å². The average Bonchev–Trinajstić information content (AvgIpc) is 3.08. The zero-order valence-electron chi connectivity index (χ0n) is 15.3. The van der Waals surface area contributed by atoms with E-state index in [1.54, 1.807) is 25.6 Å². The minimum atomic E-state index is -0.379. The highest BCUT2D eigenvalue weighted by molar-refractivity contribution is 6.02. The van der Waals surface area contributed by atoms with Crippen molar-refractivity contribution in [2.24, 2.45) is 0 Å². The second-order valence-corrected chi connectivity index (χ2v) is 6.81. The van der Waals surface area contributed by atoms with E-state index >= 15 is 0 Å². The number of H-pyrrole nitrogens is 1. The number of anilines is 2. The van der Waals surface area contributed by atoms with Gasteiger partial charge in [-0.2, -0.15) is 0 Å². The molecule has 138 valence electrons. The predicted molar refractivity (Wildman–Crippen MR) is 105 cm³/mol. The molecule has 3 N–H and O–H groups in total. The minimum Gasteiger partial charge on any atom is -0.494 e. The van der Waals surface area contributed by atoms with Gasteiger partial charge in [0.25, 0.3) is 0 Å². The molecule has 7 heteroatoms. The van der Waals surface area contributed by atoms with Crippen molar-refractivity contribution in [1.29, 1.82) is 0 Å². The van der Waals surface area contributed by atoms with E-state index in [0.29, 0.717) is 17.1 Å². The Morgan fingerprint density at radius 2 is 2.07 bits per heavy atom. The van der Waals surface area contributed by atoms with Crippen LogP contribution < -0.4 is 20.1 Å². The summed E-state index contributed by atoms with van der Waals surface area (Å²) >= 11 is 0. The number of aromatic nitrogens is 2. The number of carbonyl (C=O) groups excluding carboxylic acids is 1. The third kappa shape index (κ3) is 3.31. The van der Waals surface area contributed by atoms with Crippen LogP contribution in [0.1, 0.15) is 19.4 Å². The van der Waals surface area contributed by atoms with E-state index in [2.05, 4.69) is 20.6 Å². The molecule has 2 aromatic carbocycles. The molecule has 27 heavy (non-hydrogen) atoms. The van der Waals surface area contributed by atoms with Crippen LogP contribution in [0, 0.1) is 0 Å². The first kappa shape index (κ1) is 17.0. The summed E-state index contributed by atoms with van der Waals surface area (Å²) in [5, 5.41) is 5.65. The standard InChI is InChI=1S/C20H20N4O3/c1-20(2)9-8-13-17(27-20)7-6-15(18(13)26-3)24-19(25)23-12-4-5-14-16(10-12)22-11-21-14/h4-11H,1-3H3,(H,21,22)(H2,23,24,25). The van der Waals surface area contributed by atoms with Crippen molar-refractivity contribution in [3.63, 3.8) is 0 Å². The summed E-state index contributed by atoms with van der Waals surface area (Å²) in [5.41, 5.74) is 3.33. The maximum absolute atomic E-state index is 12.4. The van der Waals surface area contributed by atoms with Crippen molar-refractivity contribution >= 4 is 34.5 Å². The molecule has 0 bridgehead atoms. The van der Waals surface area contributed by atoms with Gasteiger partial charge in [0.15, 0.2) is 5.75 Å². The number of urea groups is 1. The number of benzene rings is 2. The second-order valence-electron chi connectivity index (χ2n) is 6.81. The number of hydrogen-bond donors (Lipinski definition) is 3. The lowest BCUT2D eigenvalue weighted by molar-refractivity contribution is 0.158. The minimum absolute atomic E-state index is 0.367. The first-order valence-corrected chi connectivity index (χ1v) is 8.55. The van der Waals surface area contributed by atoms with Gasteiger partial charge in [0.2, 0.25) is 0 Å². The van der Waals surface area contributed by atoms with E-state index in [1.807, 2.05) is 44.2 Å². The lowest BCUT2D eigenvalue weighted by Gasteiger charge is -2.29. The molecule has 0 spiro atoms. The second kappa shape index (κ2) is 6.35.